The van der Waals surface area contributed by atoms with E-state index in [1.165, 1.54) is 15.7 Å². The molecule has 0 N–H and O–H groups in total. The predicted octanol–water partition coefficient (Wildman–Crippen LogP) is 5.46. The van der Waals surface area contributed by atoms with Gasteiger partial charge in [0.15, 0.2) is 0 Å². The molecule has 0 bridgehead atoms. The molecule has 0 atom stereocenters. The highest BCUT2D eigenvalue weighted by atomic mass is 79.9. The van der Waals surface area contributed by atoms with Gasteiger partial charge in [-0.15, -0.1) is 0 Å². The van der Waals surface area contributed by atoms with Crippen molar-refractivity contribution in [3.63, 3.8) is 0 Å². The average molecular weight is 330 g/mol. The topological polar surface area (TPSA) is 12.9 Å². The highest BCUT2D eigenvalue weighted by Crippen LogP contribution is 2.33. The van der Waals surface area contributed by atoms with E-state index >= 15 is 0 Å². The van der Waals surface area contributed by atoms with E-state index < -0.39 is 0 Å². The summed E-state index contributed by atoms with van der Waals surface area (Å²) in [5, 5.41) is 3.53. The molecule has 19 heavy (non-hydrogen) atoms. The molecule has 1 nitrogen and oxygen atoms in total. The Kier molecular flexibility index (Phi) is 3.58. The number of nitrogens with zero attached hydrogens (tertiary/aromatic N) is 1. The lowest BCUT2D eigenvalue weighted by atomic mass is 10.1. The molecule has 94 valence electrons. The Labute approximate surface area is 125 Å². The number of rotatable bonds is 2. The number of hydrogen-bond donors (Lipinski definition) is 0. The summed E-state index contributed by atoms with van der Waals surface area (Å²) in [4.78, 5) is 5.67. The number of aryl methyl sites for hydroxylation is 1. The van der Waals surface area contributed by atoms with Crippen molar-refractivity contribution in [3.8, 4) is 0 Å². The molecule has 0 aliphatic heterocycles. The highest BCUT2D eigenvalue weighted by Gasteiger charge is 2.05. The number of aromatic nitrogens is 1. The lowest BCUT2D eigenvalue weighted by Gasteiger charge is -2.05. The van der Waals surface area contributed by atoms with Crippen molar-refractivity contribution in [1.29, 1.82) is 0 Å². The third-order valence-electron chi connectivity index (χ3n) is 2.88. The maximum atomic E-state index is 4.47. The zero-order chi connectivity index (χ0) is 13.2. The third-order valence-corrected chi connectivity index (χ3v) is 4.75. The first-order valence-corrected chi connectivity index (χ1v) is 7.62. The van der Waals surface area contributed by atoms with Crippen molar-refractivity contribution in [3.05, 3.63) is 64.8 Å². The van der Waals surface area contributed by atoms with Crippen LogP contribution in [0.5, 0.6) is 0 Å². The van der Waals surface area contributed by atoms with Crippen LogP contribution in [0.15, 0.2) is 69.1 Å². The molecule has 0 aliphatic carbocycles. The van der Waals surface area contributed by atoms with Crippen LogP contribution in [0, 0.1) is 6.92 Å². The van der Waals surface area contributed by atoms with Crippen LogP contribution in [0.2, 0.25) is 0 Å². The minimum Gasteiger partial charge on any atom is -0.248 e. The van der Waals surface area contributed by atoms with Gasteiger partial charge in [-0.2, -0.15) is 0 Å². The summed E-state index contributed by atoms with van der Waals surface area (Å²) in [5.41, 5.74) is 1.16. The Hall–Kier alpha value is -1.32. The van der Waals surface area contributed by atoms with Gasteiger partial charge in [0.25, 0.3) is 0 Å². The van der Waals surface area contributed by atoms with Crippen LogP contribution in [-0.2, 0) is 0 Å². The van der Waals surface area contributed by atoms with Gasteiger partial charge in [-0.25, -0.2) is 4.98 Å². The molecule has 3 aromatic rings. The van der Waals surface area contributed by atoms with Crippen molar-refractivity contribution >= 4 is 38.5 Å². The minimum absolute atomic E-state index is 1.00. The van der Waals surface area contributed by atoms with Crippen molar-refractivity contribution in [2.24, 2.45) is 0 Å². The van der Waals surface area contributed by atoms with Gasteiger partial charge in [0.1, 0.15) is 5.03 Å². The molecule has 0 saturated heterocycles. The van der Waals surface area contributed by atoms with Crippen molar-refractivity contribution in [2.75, 3.05) is 0 Å². The molecule has 0 unspecified atom stereocenters. The second kappa shape index (κ2) is 5.35. The summed E-state index contributed by atoms with van der Waals surface area (Å²) in [6, 6.07) is 17.0. The molecule has 2 aromatic carbocycles. The van der Waals surface area contributed by atoms with Crippen LogP contribution < -0.4 is 0 Å². The van der Waals surface area contributed by atoms with Crippen LogP contribution in [0.1, 0.15) is 5.56 Å². The Morgan fingerprint density at radius 3 is 2.58 bits per heavy atom. The maximum Gasteiger partial charge on any atom is 0.115 e. The third kappa shape index (κ3) is 2.82. The molecule has 0 saturated carbocycles. The fraction of sp³-hybridized carbons (Fsp3) is 0.0625. The Bertz CT molecular complexity index is 740. The van der Waals surface area contributed by atoms with Crippen LogP contribution >= 0.6 is 27.7 Å². The molecule has 1 heterocycles. The maximum absolute atomic E-state index is 4.47. The molecule has 3 heteroatoms. The van der Waals surface area contributed by atoms with E-state index in [1.54, 1.807) is 11.8 Å². The summed E-state index contributed by atoms with van der Waals surface area (Å²) in [6.07, 6.45) is 1.90. The van der Waals surface area contributed by atoms with Crippen LogP contribution in [0.3, 0.4) is 0 Å². The first-order valence-electron chi connectivity index (χ1n) is 6.01. The second-order valence-electron chi connectivity index (χ2n) is 4.41. The number of halogens is 1. The van der Waals surface area contributed by atoms with E-state index in [0.29, 0.717) is 0 Å². The molecule has 0 radical (unpaired) electrons. The van der Waals surface area contributed by atoms with Gasteiger partial charge < -0.3 is 0 Å². The molecule has 0 aliphatic rings. The van der Waals surface area contributed by atoms with E-state index in [2.05, 4.69) is 69.4 Å². The Morgan fingerprint density at radius 2 is 1.79 bits per heavy atom. The van der Waals surface area contributed by atoms with Gasteiger partial charge >= 0.3 is 0 Å². The molecule has 0 spiro atoms. The summed E-state index contributed by atoms with van der Waals surface area (Å²) < 4.78 is 1.05. The monoisotopic (exact) mass is 329 g/mol. The SMILES string of the molecule is Cc1cnc(Sc2ccc3ccccc3c2)c(Br)c1. The van der Waals surface area contributed by atoms with E-state index in [1.807, 2.05) is 13.1 Å². The Morgan fingerprint density at radius 1 is 1.00 bits per heavy atom. The normalized spacial score (nSPS) is 10.8. The fourth-order valence-electron chi connectivity index (χ4n) is 1.94. The second-order valence-corrected chi connectivity index (χ2v) is 6.33. The molecular weight excluding hydrogens is 318 g/mol. The number of benzene rings is 2. The largest absolute Gasteiger partial charge is 0.248 e. The van der Waals surface area contributed by atoms with Crippen molar-refractivity contribution in [2.45, 2.75) is 16.8 Å². The highest BCUT2D eigenvalue weighted by molar-refractivity contribution is 9.10. The number of pyridine rings is 1. The van der Waals surface area contributed by atoms with E-state index in [4.69, 9.17) is 0 Å². The van der Waals surface area contributed by atoms with E-state index in [-0.39, 0.29) is 0 Å². The quantitative estimate of drug-likeness (QED) is 0.619. The summed E-state index contributed by atoms with van der Waals surface area (Å²) in [6.45, 7) is 2.04. The molecule has 1 aromatic heterocycles. The van der Waals surface area contributed by atoms with Gasteiger partial charge in [0.05, 0.1) is 4.47 Å². The van der Waals surface area contributed by atoms with Crippen molar-refractivity contribution < 1.29 is 0 Å². The Balaban J connectivity index is 1.96. The lowest BCUT2D eigenvalue weighted by molar-refractivity contribution is 1.08. The van der Waals surface area contributed by atoms with Gasteiger partial charge in [0, 0.05) is 11.1 Å². The first kappa shape index (κ1) is 12.7. The zero-order valence-electron chi connectivity index (χ0n) is 10.4. The lowest BCUT2D eigenvalue weighted by Crippen LogP contribution is -1.84. The van der Waals surface area contributed by atoms with E-state index in [0.717, 1.165) is 15.1 Å². The first-order chi connectivity index (χ1) is 9.22. The fourth-order valence-corrected chi connectivity index (χ4v) is 3.45. The van der Waals surface area contributed by atoms with E-state index in [9.17, 15) is 0 Å². The number of fused-ring (bicyclic) bond motifs is 1. The molecule has 0 fully saturated rings. The summed E-state index contributed by atoms with van der Waals surface area (Å²) >= 11 is 5.25. The van der Waals surface area contributed by atoms with Crippen LogP contribution in [0.4, 0.5) is 0 Å². The standard InChI is InChI=1S/C16H12BrNS/c1-11-8-15(17)16(18-10-11)19-14-7-6-12-4-2-3-5-13(12)9-14/h2-10H,1H3. The van der Waals surface area contributed by atoms with Crippen LogP contribution in [0.25, 0.3) is 10.8 Å². The average Bonchev–Trinajstić information content (AvgIpc) is 2.42. The number of hydrogen-bond acceptors (Lipinski definition) is 2. The smallest absolute Gasteiger partial charge is 0.115 e. The molecule has 0 amide bonds. The van der Waals surface area contributed by atoms with Gasteiger partial charge in [0.2, 0.25) is 0 Å². The molecular formula is C16H12BrNS. The van der Waals surface area contributed by atoms with Crippen LogP contribution in [-0.4, -0.2) is 4.98 Å². The summed E-state index contributed by atoms with van der Waals surface area (Å²) in [7, 11) is 0. The zero-order valence-corrected chi connectivity index (χ0v) is 12.8. The van der Waals surface area contributed by atoms with Crippen molar-refractivity contribution in [1.82, 2.24) is 4.98 Å². The predicted molar refractivity (Wildman–Crippen MR) is 84.7 cm³/mol. The van der Waals surface area contributed by atoms with Gasteiger partial charge in [-0.1, -0.05) is 42.1 Å². The molecule has 3 rings (SSSR count). The van der Waals surface area contributed by atoms with Gasteiger partial charge in [-0.05, 0) is 57.4 Å². The van der Waals surface area contributed by atoms with Gasteiger partial charge in [-0.3, -0.25) is 0 Å². The minimum atomic E-state index is 1.00. The summed E-state index contributed by atoms with van der Waals surface area (Å²) in [5.74, 6) is 0.